The monoisotopic (exact) mass is 417 g/mol. The maximum absolute atomic E-state index is 13.2. The van der Waals surface area contributed by atoms with E-state index in [-0.39, 0.29) is 47.9 Å². The molecule has 3 saturated heterocycles. The summed E-state index contributed by atoms with van der Waals surface area (Å²) in [6, 6.07) is 9.71. The zero-order valence-electron chi connectivity index (χ0n) is 17.9. The van der Waals surface area contributed by atoms with Gasteiger partial charge >= 0.3 is 0 Å². The van der Waals surface area contributed by atoms with Crippen LogP contribution in [0.4, 0.5) is 5.69 Å². The zero-order valence-corrected chi connectivity index (χ0v) is 17.9. The minimum Gasteiger partial charge on any atom is -0.330 e. The number of likely N-dealkylation sites (tertiary alicyclic amines) is 3. The Morgan fingerprint density at radius 2 is 2.00 bits per heavy atom. The van der Waals surface area contributed by atoms with Crippen LogP contribution in [0.15, 0.2) is 24.3 Å². The molecule has 160 valence electrons. The maximum atomic E-state index is 13.2. The van der Waals surface area contributed by atoms with Crippen LogP contribution >= 0.6 is 0 Å². The largest absolute Gasteiger partial charge is 0.330 e. The number of carbonyl (C=O) groups is 2. The highest BCUT2D eigenvalue weighted by Gasteiger charge is 2.55. The van der Waals surface area contributed by atoms with Crippen LogP contribution in [0, 0.1) is 29.7 Å². The van der Waals surface area contributed by atoms with E-state index in [1.54, 1.807) is 12.1 Å². The maximum Gasteiger partial charge on any atom is 0.240 e. The van der Waals surface area contributed by atoms with Gasteiger partial charge in [-0.3, -0.25) is 14.5 Å². The fourth-order valence-corrected chi connectivity index (χ4v) is 5.96. The number of fused-ring (bicyclic) bond motifs is 3. The van der Waals surface area contributed by atoms with E-state index in [1.165, 1.54) is 0 Å². The van der Waals surface area contributed by atoms with Crippen LogP contribution in [-0.2, 0) is 9.59 Å². The molecule has 1 aromatic carbocycles. The summed E-state index contributed by atoms with van der Waals surface area (Å²) in [5.74, 6) is 0.506. The molecule has 31 heavy (non-hydrogen) atoms. The van der Waals surface area contributed by atoms with Gasteiger partial charge < -0.3 is 9.80 Å². The highest BCUT2D eigenvalue weighted by Crippen LogP contribution is 2.48. The number of carbonyl (C=O) groups excluding carboxylic acids is 2. The topological polar surface area (TPSA) is 72.0 Å². The Hall–Kier alpha value is -2.90. The van der Waals surface area contributed by atoms with E-state index in [2.05, 4.69) is 15.8 Å². The van der Waals surface area contributed by atoms with E-state index in [1.807, 2.05) is 35.8 Å². The molecule has 4 fully saturated rings. The first kappa shape index (κ1) is 20.0. The second kappa shape index (κ2) is 7.35. The minimum atomic E-state index is -0.277. The molecule has 7 heteroatoms. The van der Waals surface area contributed by atoms with Crippen LogP contribution in [0.2, 0.25) is 0 Å². The summed E-state index contributed by atoms with van der Waals surface area (Å²) in [5, 5.41) is 9.40. The van der Waals surface area contributed by atoms with Crippen molar-refractivity contribution in [3.05, 3.63) is 41.2 Å². The molecule has 1 saturated carbocycles. The molecule has 4 aliphatic rings. The number of nitriles is 1. The van der Waals surface area contributed by atoms with E-state index in [9.17, 15) is 14.9 Å². The molecule has 0 N–H and O–H groups in total. The van der Waals surface area contributed by atoms with Crippen molar-refractivity contribution in [1.29, 1.82) is 5.26 Å². The van der Waals surface area contributed by atoms with E-state index in [4.69, 9.17) is 6.57 Å². The quantitative estimate of drug-likeness (QED) is 0.691. The predicted molar refractivity (Wildman–Crippen MR) is 114 cm³/mol. The summed E-state index contributed by atoms with van der Waals surface area (Å²) in [7, 11) is 0. The Labute approximate surface area is 183 Å². The van der Waals surface area contributed by atoms with E-state index >= 15 is 0 Å². The number of piperazine rings is 1. The molecule has 0 aromatic heterocycles. The van der Waals surface area contributed by atoms with Gasteiger partial charge in [-0.1, -0.05) is 31.2 Å². The lowest BCUT2D eigenvalue weighted by atomic mass is 10.0. The smallest absolute Gasteiger partial charge is 0.240 e. The number of hydrogen-bond donors (Lipinski definition) is 0. The Balaban J connectivity index is 1.23. The van der Waals surface area contributed by atoms with Gasteiger partial charge in [-0.2, -0.15) is 5.26 Å². The molecule has 5 rings (SSSR count). The van der Waals surface area contributed by atoms with Crippen LogP contribution in [-0.4, -0.2) is 63.8 Å². The van der Waals surface area contributed by atoms with E-state index < -0.39 is 0 Å². The number of amides is 2. The van der Waals surface area contributed by atoms with Gasteiger partial charge in [0.1, 0.15) is 6.04 Å². The normalized spacial score (nSPS) is 33.0. The SMILES string of the molecule is [C-]#[N+]c1ccc([C@H](C)N2C(=O)[C@H]3C[C@@H]2CN3C[C@H](C)C(=O)N2C3C[C@H]3C[C@H]2C#N)cc1. The van der Waals surface area contributed by atoms with Gasteiger partial charge in [0.2, 0.25) is 11.8 Å². The first-order valence-electron chi connectivity index (χ1n) is 11.2. The Kier molecular flexibility index (Phi) is 4.75. The summed E-state index contributed by atoms with van der Waals surface area (Å²) in [6.45, 7) is 12.4. The minimum absolute atomic E-state index is 0.0312. The number of nitrogens with zero attached hydrogens (tertiary/aromatic N) is 5. The van der Waals surface area contributed by atoms with Crippen LogP contribution in [0.3, 0.4) is 0 Å². The van der Waals surface area contributed by atoms with Gasteiger partial charge in [-0.25, -0.2) is 4.85 Å². The third-order valence-corrected chi connectivity index (χ3v) is 7.67. The van der Waals surface area contributed by atoms with Crippen LogP contribution in [0.1, 0.15) is 44.7 Å². The van der Waals surface area contributed by atoms with Crippen molar-refractivity contribution in [3.8, 4) is 6.07 Å². The second-order valence-corrected chi connectivity index (χ2v) is 9.57. The van der Waals surface area contributed by atoms with Crippen LogP contribution in [0.25, 0.3) is 4.85 Å². The summed E-state index contributed by atoms with van der Waals surface area (Å²) in [6.07, 6.45) is 2.66. The summed E-state index contributed by atoms with van der Waals surface area (Å²) in [4.78, 5) is 35.7. The Bertz CT molecular complexity index is 993. The van der Waals surface area contributed by atoms with Crippen molar-refractivity contribution >= 4 is 17.5 Å². The van der Waals surface area contributed by atoms with Gasteiger partial charge in [0.05, 0.1) is 24.7 Å². The molecule has 1 aromatic rings. The van der Waals surface area contributed by atoms with Crippen molar-refractivity contribution in [1.82, 2.24) is 14.7 Å². The standard InChI is InChI=1S/C24H27N5O2/c1-14(23(30)29-19(11-25)8-17-9-21(17)29)12-27-13-20-10-22(27)24(31)28(20)15(2)16-4-6-18(26-3)7-5-16/h4-7,14-15,17,19-22H,8-10,12-13H2,1-2H3/t14-,15-,17+,19-,20+,21?,22+/m0/s1. The third kappa shape index (κ3) is 3.20. The highest BCUT2D eigenvalue weighted by atomic mass is 16.2. The molecule has 7 atom stereocenters. The molecule has 7 nitrogen and oxygen atoms in total. The molecule has 3 aliphatic heterocycles. The molecule has 0 radical (unpaired) electrons. The highest BCUT2D eigenvalue weighted by molar-refractivity contribution is 5.86. The molecule has 2 bridgehead atoms. The molecular formula is C24H27N5O2. The molecule has 1 unspecified atom stereocenters. The van der Waals surface area contributed by atoms with Crippen molar-refractivity contribution in [2.75, 3.05) is 13.1 Å². The van der Waals surface area contributed by atoms with Crippen molar-refractivity contribution < 1.29 is 9.59 Å². The molecule has 0 spiro atoms. The average molecular weight is 418 g/mol. The third-order valence-electron chi connectivity index (χ3n) is 7.67. The summed E-state index contributed by atoms with van der Waals surface area (Å²) < 4.78 is 0. The lowest BCUT2D eigenvalue weighted by molar-refractivity contribution is -0.142. The van der Waals surface area contributed by atoms with Gasteiger partial charge in [0, 0.05) is 31.1 Å². The van der Waals surface area contributed by atoms with Gasteiger partial charge in [0.25, 0.3) is 0 Å². The number of rotatable bonds is 5. The summed E-state index contributed by atoms with van der Waals surface area (Å²) >= 11 is 0. The van der Waals surface area contributed by atoms with Crippen molar-refractivity contribution in [2.45, 2.75) is 63.3 Å². The summed E-state index contributed by atoms with van der Waals surface area (Å²) in [5.41, 5.74) is 1.64. The van der Waals surface area contributed by atoms with Crippen molar-refractivity contribution in [3.63, 3.8) is 0 Å². The second-order valence-electron chi connectivity index (χ2n) is 9.57. The first-order chi connectivity index (χ1) is 14.9. The number of hydrogen-bond acceptors (Lipinski definition) is 4. The first-order valence-corrected chi connectivity index (χ1v) is 11.2. The molecule has 1 aliphatic carbocycles. The van der Waals surface area contributed by atoms with E-state index in [0.29, 0.717) is 18.2 Å². The Morgan fingerprint density at radius 3 is 2.65 bits per heavy atom. The van der Waals surface area contributed by atoms with Crippen LogP contribution in [0.5, 0.6) is 0 Å². The van der Waals surface area contributed by atoms with Gasteiger partial charge in [0.15, 0.2) is 5.69 Å². The fraction of sp³-hybridized carbons (Fsp3) is 0.583. The molecule has 3 heterocycles. The predicted octanol–water partition coefficient (Wildman–Crippen LogP) is 2.73. The zero-order chi connectivity index (χ0) is 21.9. The van der Waals surface area contributed by atoms with Crippen LogP contribution < -0.4 is 0 Å². The lowest BCUT2D eigenvalue weighted by Gasteiger charge is -2.38. The fourth-order valence-electron chi connectivity index (χ4n) is 5.96. The van der Waals surface area contributed by atoms with E-state index in [0.717, 1.165) is 31.4 Å². The molecule has 2 amide bonds. The van der Waals surface area contributed by atoms with Crippen molar-refractivity contribution in [2.24, 2.45) is 11.8 Å². The average Bonchev–Trinajstić information content (AvgIpc) is 3.11. The van der Waals surface area contributed by atoms with Gasteiger partial charge in [-0.15, -0.1) is 0 Å². The number of benzene rings is 1. The Morgan fingerprint density at radius 1 is 1.26 bits per heavy atom. The number of piperidine rings is 1. The molecular weight excluding hydrogens is 390 g/mol. The van der Waals surface area contributed by atoms with Gasteiger partial charge in [-0.05, 0) is 37.7 Å². The lowest BCUT2D eigenvalue weighted by Crippen LogP contribution is -2.53.